The summed E-state index contributed by atoms with van der Waals surface area (Å²) in [6.07, 6.45) is 5.21. The molecule has 3 amide bonds. The number of amides is 3. The Morgan fingerprint density at radius 2 is 1.80 bits per heavy atom. The molecule has 0 aliphatic heterocycles. The first-order valence-corrected chi connectivity index (χ1v) is 8.71. The zero-order chi connectivity index (χ0) is 18.2. The molecule has 0 radical (unpaired) electrons. The molecule has 0 heterocycles. The van der Waals surface area contributed by atoms with E-state index in [-0.39, 0.29) is 5.91 Å². The molecule has 25 heavy (non-hydrogen) atoms. The minimum absolute atomic E-state index is 0.0178. The Bertz CT molecular complexity index is 604. The molecule has 1 aliphatic carbocycles. The van der Waals surface area contributed by atoms with Gasteiger partial charge in [0.05, 0.1) is 6.04 Å². The zero-order valence-electron chi connectivity index (χ0n) is 14.4. The van der Waals surface area contributed by atoms with Crippen molar-refractivity contribution in [3.05, 3.63) is 35.4 Å². The molecule has 2 rings (SSSR count). The van der Waals surface area contributed by atoms with E-state index in [2.05, 4.69) is 16.0 Å². The van der Waals surface area contributed by atoms with E-state index in [1.165, 1.54) is 18.9 Å². The van der Waals surface area contributed by atoms with E-state index in [0.29, 0.717) is 31.0 Å². The van der Waals surface area contributed by atoms with Crippen LogP contribution in [0.1, 0.15) is 50.6 Å². The number of carbonyl (C=O) groups is 2. The summed E-state index contributed by atoms with van der Waals surface area (Å²) in [5.41, 5.74) is 0.471. The van der Waals surface area contributed by atoms with E-state index in [1.54, 1.807) is 6.92 Å². The van der Waals surface area contributed by atoms with Gasteiger partial charge in [-0.2, -0.15) is 0 Å². The Morgan fingerprint density at radius 1 is 1.12 bits per heavy atom. The molecule has 7 heteroatoms. The van der Waals surface area contributed by atoms with Crippen LogP contribution < -0.4 is 16.0 Å². The van der Waals surface area contributed by atoms with Crippen molar-refractivity contribution in [2.45, 2.75) is 45.1 Å². The summed E-state index contributed by atoms with van der Waals surface area (Å²) in [5.74, 6) is -1.36. The third-order valence-corrected chi connectivity index (χ3v) is 4.47. The second-order valence-corrected chi connectivity index (χ2v) is 6.50. The molecule has 138 valence electrons. The number of nitrogens with one attached hydrogen (secondary N) is 3. The molecular formula is C18H25F2N3O2. The van der Waals surface area contributed by atoms with E-state index < -0.39 is 23.7 Å². The standard InChI is InChI=1S/C18H25F2N3O2/c1-12(14-6-7-15(19)16(20)11-14)23-18(25)22-9-8-21-17(24)10-13-4-2-3-5-13/h6-7,11-13H,2-5,8-10H2,1H3,(H,21,24)(H2,22,23,25). The maximum absolute atomic E-state index is 13.2. The summed E-state index contributed by atoms with van der Waals surface area (Å²) in [6.45, 7) is 2.33. The van der Waals surface area contributed by atoms with Gasteiger partial charge in [0.25, 0.3) is 0 Å². The fraction of sp³-hybridized carbons (Fsp3) is 0.556. The number of hydrogen-bond acceptors (Lipinski definition) is 2. The lowest BCUT2D eigenvalue weighted by atomic mass is 10.0. The monoisotopic (exact) mass is 353 g/mol. The van der Waals surface area contributed by atoms with Gasteiger partial charge in [-0.25, -0.2) is 13.6 Å². The van der Waals surface area contributed by atoms with Gasteiger partial charge in [0.15, 0.2) is 11.6 Å². The number of urea groups is 1. The van der Waals surface area contributed by atoms with Crippen LogP contribution in [0.15, 0.2) is 18.2 Å². The van der Waals surface area contributed by atoms with Crippen LogP contribution in [0.2, 0.25) is 0 Å². The molecule has 1 aliphatic rings. The Morgan fingerprint density at radius 3 is 2.48 bits per heavy atom. The second kappa shape index (κ2) is 9.34. The summed E-state index contributed by atoms with van der Waals surface area (Å²) < 4.78 is 26.1. The molecule has 3 N–H and O–H groups in total. The van der Waals surface area contributed by atoms with Crippen molar-refractivity contribution >= 4 is 11.9 Å². The topological polar surface area (TPSA) is 70.2 Å². The van der Waals surface area contributed by atoms with Gasteiger partial charge < -0.3 is 16.0 Å². The normalized spacial score (nSPS) is 15.6. The Labute approximate surface area is 146 Å². The van der Waals surface area contributed by atoms with Gasteiger partial charge in [-0.05, 0) is 43.4 Å². The summed E-state index contributed by atoms with van der Waals surface area (Å²) in [5, 5.41) is 8.05. The molecule has 1 atom stereocenters. The first kappa shape index (κ1) is 19.1. The van der Waals surface area contributed by atoms with Gasteiger partial charge in [-0.1, -0.05) is 18.9 Å². The minimum Gasteiger partial charge on any atom is -0.354 e. The first-order valence-electron chi connectivity index (χ1n) is 8.71. The van der Waals surface area contributed by atoms with Crippen molar-refractivity contribution in [3.63, 3.8) is 0 Å². The SMILES string of the molecule is CC(NC(=O)NCCNC(=O)CC1CCCC1)c1ccc(F)c(F)c1. The van der Waals surface area contributed by atoms with E-state index in [9.17, 15) is 18.4 Å². The van der Waals surface area contributed by atoms with Crippen LogP contribution in [0, 0.1) is 17.6 Å². The van der Waals surface area contributed by atoms with Crippen LogP contribution in [0.5, 0.6) is 0 Å². The molecule has 5 nitrogen and oxygen atoms in total. The minimum atomic E-state index is -0.948. The molecule has 1 saturated carbocycles. The predicted octanol–water partition coefficient (Wildman–Crippen LogP) is 3.02. The van der Waals surface area contributed by atoms with Gasteiger partial charge in [0.2, 0.25) is 5.91 Å². The number of benzene rings is 1. The van der Waals surface area contributed by atoms with Crippen LogP contribution in [-0.4, -0.2) is 25.0 Å². The van der Waals surface area contributed by atoms with Crippen molar-refractivity contribution in [3.8, 4) is 0 Å². The van der Waals surface area contributed by atoms with Gasteiger partial charge in [0.1, 0.15) is 0 Å². The van der Waals surface area contributed by atoms with Crippen molar-refractivity contribution in [2.24, 2.45) is 5.92 Å². The third kappa shape index (κ3) is 6.32. The molecule has 1 fully saturated rings. The lowest BCUT2D eigenvalue weighted by Crippen LogP contribution is -2.41. The van der Waals surface area contributed by atoms with Crippen LogP contribution in [0.25, 0.3) is 0 Å². The quantitative estimate of drug-likeness (QED) is 0.660. The van der Waals surface area contributed by atoms with Gasteiger partial charge in [-0.15, -0.1) is 0 Å². The lowest BCUT2D eigenvalue weighted by molar-refractivity contribution is -0.121. The number of carbonyl (C=O) groups excluding carboxylic acids is 2. The maximum Gasteiger partial charge on any atom is 0.315 e. The summed E-state index contributed by atoms with van der Waals surface area (Å²) in [4.78, 5) is 23.6. The molecule has 1 aromatic rings. The zero-order valence-corrected chi connectivity index (χ0v) is 14.4. The van der Waals surface area contributed by atoms with Crippen molar-refractivity contribution in [2.75, 3.05) is 13.1 Å². The summed E-state index contributed by atoms with van der Waals surface area (Å²) in [7, 11) is 0. The van der Waals surface area contributed by atoms with Gasteiger partial charge in [0, 0.05) is 19.5 Å². The van der Waals surface area contributed by atoms with Crippen LogP contribution in [0.3, 0.4) is 0 Å². The Kier molecular flexibility index (Phi) is 7.16. The van der Waals surface area contributed by atoms with Crippen LogP contribution in [0.4, 0.5) is 13.6 Å². The number of halogens is 2. The molecule has 0 saturated heterocycles. The molecule has 0 spiro atoms. The lowest BCUT2D eigenvalue weighted by Gasteiger charge is -2.15. The van der Waals surface area contributed by atoms with Gasteiger partial charge in [-0.3, -0.25) is 4.79 Å². The van der Waals surface area contributed by atoms with E-state index in [4.69, 9.17) is 0 Å². The molecule has 0 aromatic heterocycles. The third-order valence-electron chi connectivity index (χ3n) is 4.47. The predicted molar refractivity (Wildman–Crippen MR) is 90.9 cm³/mol. The largest absolute Gasteiger partial charge is 0.354 e. The summed E-state index contributed by atoms with van der Waals surface area (Å²) >= 11 is 0. The average Bonchev–Trinajstić information content (AvgIpc) is 3.07. The first-order chi connectivity index (χ1) is 12.0. The van der Waals surface area contributed by atoms with Crippen molar-refractivity contribution in [1.82, 2.24) is 16.0 Å². The number of hydrogen-bond donors (Lipinski definition) is 3. The fourth-order valence-electron chi connectivity index (χ4n) is 3.04. The van der Waals surface area contributed by atoms with E-state index >= 15 is 0 Å². The molecule has 0 bridgehead atoms. The molecular weight excluding hydrogens is 328 g/mol. The fourth-order valence-corrected chi connectivity index (χ4v) is 3.04. The molecule has 1 aromatic carbocycles. The highest BCUT2D eigenvalue weighted by atomic mass is 19.2. The highest BCUT2D eigenvalue weighted by Gasteiger charge is 2.18. The average molecular weight is 353 g/mol. The smallest absolute Gasteiger partial charge is 0.315 e. The highest BCUT2D eigenvalue weighted by molar-refractivity contribution is 5.76. The number of rotatable bonds is 7. The molecule has 1 unspecified atom stereocenters. The van der Waals surface area contributed by atoms with E-state index in [0.717, 1.165) is 25.0 Å². The van der Waals surface area contributed by atoms with Crippen LogP contribution >= 0.6 is 0 Å². The highest BCUT2D eigenvalue weighted by Crippen LogP contribution is 2.27. The Balaban J connectivity index is 1.62. The van der Waals surface area contributed by atoms with E-state index in [1.807, 2.05) is 0 Å². The van der Waals surface area contributed by atoms with Crippen LogP contribution in [-0.2, 0) is 4.79 Å². The maximum atomic E-state index is 13.2. The van der Waals surface area contributed by atoms with Crippen molar-refractivity contribution in [1.29, 1.82) is 0 Å². The van der Waals surface area contributed by atoms with Gasteiger partial charge >= 0.3 is 6.03 Å². The van der Waals surface area contributed by atoms with Crippen molar-refractivity contribution < 1.29 is 18.4 Å². The summed E-state index contributed by atoms with van der Waals surface area (Å²) in [6, 6.07) is 2.62. The Hall–Kier alpha value is -2.18. The second-order valence-electron chi connectivity index (χ2n) is 6.50.